The molecule has 0 aliphatic carbocycles. The third-order valence-electron chi connectivity index (χ3n) is 2.89. The number of rotatable bonds is 2. The highest BCUT2D eigenvalue weighted by Crippen LogP contribution is 2.28. The summed E-state index contributed by atoms with van der Waals surface area (Å²) >= 11 is 1.78. The maximum atomic E-state index is 2.18. The van der Waals surface area contributed by atoms with Gasteiger partial charge in [-0.3, -0.25) is 0 Å². The van der Waals surface area contributed by atoms with Crippen molar-refractivity contribution in [1.82, 2.24) is 0 Å². The zero-order valence-corrected chi connectivity index (χ0v) is 10.7. The summed E-state index contributed by atoms with van der Waals surface area (Å²) in [6, 6.07) is 21.1. The van der Waals surface area contributed by atoms with Crippen LogP contribution >= 0.6 is 0 Å². The third-order valence-corrected chi connectivity index (χ3v) is 3.78. The van der Waals surface area contributed by atoms with Crippen LogP contribution in [0.2, 0.25) is 0 Å². The molecule has 1 aliphatic heterocycles. The molecule has 3 rings (SSSR count). The van der Waals surface area contributed by atoms with E-state index in [1.165, 1.54) is 21.6 Å². The fourth-order valence-electron chi connectivity index (χ4n) is 2.08. The predicted octanol–water partition coefficient (Wildman–Crippen LogP) is 3.90. The first-order valence-electron chi connectivity index (χ1n) is 5.97. The van der Waals surface area contributed by atoms with Crippen LogP contribution in [0.15, 0.2) is 77.7 Å². The van der Waals surface area contributed by atoms with Crippen molar-refractivity contribution in [3.8, 4) is 0 Å². The molecule has 1 heteroatoms. The van der Waals surface area contributed by atoms with Gasteiger partial charge in [-0.15, -0.1) is 0 Å². The van der Waals surface area contributed by atoms with Gasteiger partial charge in [0.2, 0.25) is 16.3 Å². The molecular formula is C17H13S+. The zero-order valence-electron chi connectivity index (χ0n) is 9.91. The topological polar surface area (TPSA) is 0 Å². The van der Waals surface area contributed by atoms with Gasteiger partial charge in [-0.2, -0.15) is 0 Å². The van der Waals surface area contributed by atoms with E-state index in [2.05, 4.69) is 78.2 Å². The number of hydrogen-bond acceptors (Lipinski definition) is 0. The van der Waals surface area contributed by atoms with Crippen LogP contribution in [0.5, 0.6) is 0 Å². The standard InChI is InChI=1S/C17H13S/c1-3-8-14(9-4-1)17(16-12-7-13-18-16)15-10-5-2-6-11-15/h1-13H/q+1. The minimum atomic E-state index is 1.27. The van der Waals surface area contributed by atoms with Gasteiger partial charge in [0, 0.05) is 12.2 Å². The second kappa shape index (κ2) is 5.11. The number of hydrogen-bond donors (Lipinski definition) is 0. The lowest BCUT2D eigenvalue weighted by atomic mass is 9.97. The molecule has 2 aromatic carbocycles. The lowest BCUT2D eigenvalue weighted by Crippen LogP contribution is -1.91. The van der Waals surface area contributed by atoms with Gasteiger partial charge >= 0.3 is 0 Å². The smallest absolute Gasteiger partial charge is 0.0622 e. The Labute approximate surface area is 111 Å². The first kappa shape index (κ1) is 11.1. The molecule has 0 aromatic heterocycles. The number of allylic oxidation sites excluding steroid dienone is 2. The van der Waals surface area contributed by atoms with Crippen LogP contribution in [0.4, 0.5) is 0 Å². The highest BCUT2D eigenvalue weighted by Gasteiger charge is 2.18. The summed E-state index contributed by atoms with van der Waals surface area (Å²) < 4.78 is 0. The molecule has 2 aromatic rings. The molecule has 0 radical (unpaired) electrons. The van der Waals surface area contributed by atoms with Crippen LogP contribution in [0.3, 0.4) is 0 Å². The fraction of sp³-hybridized carbons (Fsp3) is 0. The predicted molar refractivity (Wildman–Crippen MR) is 81.5 cm³/mol. The molecule has 0 bridgehead atoms. The van der Waals surface area contributed by atoms with Crippen LogP contribution in [0.25, 0.3) is 5.57 Å². The van der Waals surface area contributed by atoms with Crippen LogP contribution in [0.1, 0.15) is 11.1 Å². The highest BCUT2D eigenvalue weighted by molar-refractivity contribution is 7.82. The first-order valence-corrected chi connectivity index (χ1v) is 6.85. The lowest BCUT2D eigenvalue weighted by molar-refractivity contribution is 1.54. The largest absolute Gasteiger partial charge is 0.239 e. The van der Waals surface area contributed by atoms with E-state index in [0.717, 1.165) is 0 Å². The van der Waals surface area contributed by atoms with Gasteiger partial charge in [-0.25, -0.2) is 0 Å². The molecule has 0 spiro atoms. The lowest BCUT2D eigenvalue weighted by Gasteiger charge is -2.06. The Hall–Kier alpha value is -1.99. The Morgan fingerprint density at radius 3 is 1.72 bits per heavy atom. The summed E-state index contributed by atoms with van der Waals surface area (Å²) in [5, 5.41) is 2.13. The summed E-state index contributed by atoms with van der Waals surface area (Å²) in [5.74, 6) is 0. The monoisotopic (exact) mass is 249 g/mol. The quantitative estimate of drug-likeness (QED) is 0.559. The minimum Gasteiger partial charge on any atom is -0.0622 e. The summed E-state index contributed by atoms with van der Waals surface area (Å²) in [6.07, 6.45) is 4.28. The molecule has 0 fully saturated rings. The normalized spacial score (nSPS) is 13.0. The van der Waals surface area contributed by atoms with Crippen LogP contribution in [-0.2, 0) is 11.4 Å². The maximum absolute atomic E-state index is 2.18. The first-order chi connectivity index (χ1) is 8.95. The van der Waals surface area contributed by atoms with Gasteiger partial charge in [0.25, 0.3) is 0 Å². The van der Waals surface area contributed by atoms with Crippen molar-refractivity contribution < 1.29 is 0 Å². The molecule has 18 heavy (non-hydrogen) atoms. The molecule has 1 heterocycles. The van der Waals surface area contributed by atoms with E-state index in [1.807, 2.05) is 0 Å². The summed E-state index contributed by atoms with van der Waals surface area (Å²) in [6.45, 7) is 0. The molecule has 0 atom stereocenters. The Balaban J connectivity index is 2.21. The molecular weight excluding hydrogens is 236 g/mol. The molecule has 86 valence electrons. The van der Waals surface area contributed by atoms with Crippen molar-refractivity contribution in [3.05, 3.63) is 88.8 Å². The van der Waals surface area contributed by atoms with E-state index < -0.39 is 0 Å². The van der Waals surface area contributed by atoms with Crippen molar-refractivity contribution >= 4 is 22.3 Å². The average molecular weight is 249 g/mol. The molecule has 0 saturated carbocycles. The van der Waals surface area contributed by atoms with Crippen molar-refractivity contribution in [3.63, 3.8) is 0 Å². The van der Waals surface area contributed by atoms with Crippen molar-refractivity contribution in [2.45, 2.75) is 0 Å². The van der Waals surface area contributed by atoms with Crippen molar-refractivity contribution in [2.75, 3.05) is 0 Å². The van der Waals surface area contributed by atoms with Gasteiger partial charge in [-0.05, 0) is 11.1 Å². The third kappa shape index (κ3) is 2.18. The number of benzene rings is 2. The van der Waals surface area contributed by atoms with E-state index in [9.17, 15) is 0 Å². The van der Waals surface area contributed by atoms with E-state index in [-0.39, 0.29) is 0 Å². The Morgan fingerprint density at radius 2 is 1.28 bits per heavy atom. The van der Waals surface area contributed by atoms with Crippen molar-refractivity contribution in [2.24, 2.45) is 0 Å². The Kier molecular flexibility index (Phi) is 3.16. The average Bonchev–Trinajstić information content (AvgIpc) is 2.95. The van der Waals surface area contributed by atoms with Gasteiger partial charge in [0.1, 0.15) is 0 Å². The molecule has 0 N–H and O–H groups in total. The van der Waals surface area contributed by atoms with E-state index in [0.29, 0.717) is 0 Å². The summed E-state index contributed by atoms with van der Waals surface area (Å²) in [5.41, 5.74) is 3.85. The second-order valence-corrected chi connectivity index (χ2v) is 5.03. The van der Waals surface area contributed by atoms with E-state index in [4.69, 9.17) is 0 Å². The summed E-state index contributed by atoms with van der Waals surface area (Å²) in [4.78, 5) is 1.31. The van der Waals surface area contributed by atoms with E-state index >= 15 is 0 Å². The summed E-state index contributed by atoms with van der Waals surface area (Å²) in [7, 11) is 0. The molecule has 0 unspecified atom stereocenters. The molecule has 0 saturated heterocycles. The van der Waals surface area contributed by atoms with Gasteiger partial charge in [0.05, 0.1) is 5.57 Å². The van der Waals surface area contributed by atoms with Crippen LogP contribution in [0, 0.1) is 0 Å². The maximum Gasteiger partial charge on any atom is 0.239 e. The molecule has 1 aliphatic rings. The van der Waals surface area contributed by atoms with Crippen molar-refractivity contribution in [1.29, 1.82) is 0 Å². The fourth-order valence-corrected chi connectivity index (χ4v) is 2.90. The minimum absolute atomic E-state index is 1.27. The van der Waals surface area contributed by atoms with Gasteiger partial charge in [-0.1, -0.05) is 60.7 Å². The Morgan fingerprint density at radius 1 is 0.722 bits per heavy atom. The molecule has 0 amide bonds. The molecule has 0 nitrogen and oxygen atoms in total. The highest BCUT2D eigenvalue weighted by atomic mass is 32.1. The zero-order chi connectivity index (χ0) is 12.2. The van der Waals surface area contributed by atoms with Crippen LogP contribution in [-0.4, -0.2) is 5.37 Å². The van der Waals surface area contributed by atoms with Crippen LogP contribution < -0.4 is 0 Å². The van der Waals surface area contributed by atoms with E-state index in [1.54, 1.807) is 11.4 Å². The second-order valence-electron chi connectivity index (χ2n) is 4.08. The Bertz CT molecular complexity index is 564. The van der Waals surface area contributed by atoms with Gasteiger partial charge < -0.3 is 0 Å². The van der Waals surface area contributed by atoms with Gasteiger partial charge in [0.15, 0.2) is 5.37 Å². The SMILES string of the molecule is C1=CC(=C(c2ccccc2)c2ccccc2)[S+]=C1.